The van der Waals surface area contributed by atoms with Gasteiger partial charge in [-0.3, -0.25) is 9.78 Å². The van der Waals surface area contributed by atoms with Crippen molar-refractivity contribution < 1.29 is 4.79 Å². The molecule has 1 fully saturated rings. The zero-order valence-corrected chi connectivity index (χ0v) is 13.6. The van der Waals surface area contributed by atoms with Crippen molar-refractivity contribution in [1.82, 2.24) is 19.9 Å². The number of nitrogens with one attached hydrogen (secondary N) is 1. The molecule has 3 aromatic rings. The first kappa shape index (κ1) is 14.7. The minimum absolute atomic E-state index is 0.0566. The number of carbonyl (C=O) groups is 1. The lowest BCUT2D eigenvalue weighted by molar-refractivity contribution is 0.0741. The molecule has 1 N–H and O–H groups in total. The van der Waals surface area contributed by atoms with E-state index in [1.807, 2.05) is 42.2 Å². The van der Waals surface area contributed by atoms with E-state index in [1.54, 1.807) is 12.4 Å². The van der Waals surface area contributed by atoms with Crippen LogP contribution in [-0.4, -0.2) is 51.9 Å². The van der Waals surface area contributed by atoms with Gasteiger partial charge < -0.3 is 14.8 Å². The molecule has 0 unspecified atom stereocenters. The summed E-state index contributed by atoms with van der Waals surface area (Å²) in [7, 11) is 0. The third-order valence-electron chi connectivity index (χ3n) is 4.39. The van der Waals surface area contributed by atoms with Crippen LogP contribution in [0, 0.1) is 6.92 Å². The highest BCUT2D eigenvalue weighted by Gasteiger charge is 2.24. The lowest BCUT2D eigenvalue weighted by Gasteiger charge is -2.35. The lowest BCUT2D eigenvalue weighted by Crippen LogP contribution is -2.49. The first-order valence-corrected chi connectivity index (χ1v) is 8.11. The Kier molecular flexibility index (Phi) is 3.65. The number of nitrogens with zero attached hydrogens (tertiary/aromatic N) is 4. The molecule has 0 atom stereocenters. The van der Waals surface area contributed by atoms with E-state index in [1.165, 1.54) is 0 Å². The van der Waals surface area contributed by atoms with Gasteiger partial charge in [-0.2, -0.15) is 0 Å². The SMILES string of the molecule is Cc1cncc(N2CCN(C(=O)c3cc4ccccc4[nH]3)CC2)n1. The number of anilines is 1. The number of fused-ring (bicyclic) bond motifs is 1. The highest BCUT2D eigenvalue weighted by atomic mass is 16.2. The average molecular weight is 321 g/mol. The fraction of sp³-hybridized carbons (Fsp3) is 0.278. The minimum Gasteiger partial charge on any atom is -0.352 e. The number of para-hydroxylation sites is 1. The molecule has 0 bridgehead atoms. The third-order valence-corrected chi connectivity index (χ3v) is 4.39. The van der Waals surface area contributed by atoms with Crippen molar-refractivity contribution in [2.24, 2.45) is 0 Å². The van der Waals surface area contributed by atoms with E-state index in [-0.39, 0.29) is 5.91 Å². The van der Waals surface area contributed by atoms with Crippen molar-refractivity contribution in [3.05, 3.63) is 54.1 Å². The number of benzene rings is 1. The van der Waals surface area contributed by atoms with Gasteiger partial charge in [-0.25, -0.2) is 4.98 Å². The largest absolute Gasteiger partial charge is 0.352 e. The molecule has 0 saturated carbocycles. The van der Waals surface area contributed by atoms with Crippen molar-refractivity contribution in [3.63, 3.8) is 0 Å². The molecule has 4 rings (SSSR count). The maximum atomic E-state index is 12.7. The van der Waals surface area contributed by atoms with E-state index in [0.717, 1.165) is 35.5 Å². The Morgan fingerprint density at radius 3 is 2.67 bits per heavy atom. The Morgan fingerprint density at radius 1 is 1.12 bits per heavy atom. The van der Waals surface area contributed by atoms with Gasteiger partial charge in [0.25, 0.3) is 5.91 Å². The number of aromatic amines is 1. The summed E-state index contributed by atoms with van der Waals surface area (Å²) >= 11 is 0. The predicted molar refractivity (Wildman–Crippen MR) is 93.2 cm³/mol. The number of piperazine rings is 1. The molecule has 24 heavy (non-hydrogen) atoms. The molecule has 1 aliphatic heterocycles. The Morgan fingerprint density at radius 2 is 1.92 bits per heavy atom. The zero-order chi connectivity index (χ0) is 16.5. The average Bonchev–Trinajstić information content (AvgIpc) is 3.05. The van der Waals surface area contributed by atoms with Crippen molar-refractivity contribution in [2.75, 3.05) is 31.1 Å². The van der Waals surface area contributed by atoms with Crippen LogP contribution in [0.15, 0.2) is 42.7 Å². The maximum Gasteiger partial charge on any atom is 0.270 e. The van der Waals surface area contributed by atoms with Gasteiger partial charge in [0.1, 0.15) is 11.5 Å². The second-order valence-electron chi connectivity index (χ2n) is 6.07. The summed E-state index contributed by atoms with van der Waals surface area (Å²) in [6.45, 7) is 4.84. The van der Waals surface area contributed by atoms with Crippen LogP contribution in [0.5, 0.6) is 0 Å². The van der Waals surface area contributed by atoms with Crippen molar-refractivity contribution >= 4 is 22.6 Å². The van der Waals surface area contributed by atoms with Crippen LogP contribution in [-0.2, 0) is 0 Å². The standard InChI is InChI=1S/C18H19N5O/c1-13-11-19-12-17(20-13)22-6-8-23(9-7-22)18(24)16-10-14-4-2-3-5-15(14)21-16/h2-5,10-12,21H,6-9H2,1H3. The van der Waals surface area contributed by atoms with E-state index in [4.69, 9.17) is 0 Å². The predicted octanol–water partition coefficient (Wildman–Crippen LogP) is 2.23. The Labute approximate surface area is 140 Å². The molecule has 122 valence electrons. The molecule has 0 aliphatic carbocycles. The summed E-state index contributed by atoms with van der Waals surface area (Å²) in [6.07, 6.45) is 3.53. The van der Waals surface area contributed by atoms with E-state index < -0.39 is 0 Å². The molecule has 1 amide bonds. The highest BCUT2D eigenvalue weighted by molar-refractivity contribution is 5.98. The Balaban J connectivity index is 1.46. The lowest BCUT2D eigenvalue weighted by atomic mass is 10.2. The molecular formula is C18H19N5O. The molecule has 0 spiro atoms. The molecule has 6 heteroatoms. The maximum absolute atomic E-state index is 12.7. The first-order valence-electron chi connectivity index (χ1n) is 8.11. The number of aromatic nitrogens is 3. The van der Waals surface area contributed by atoms with Crippen LogP contribution in [0.25, 0.3) is 10.9 Å². The summed E-state index contributed by atoms with van der Waals surface area (Å²) in [5.74, 6) is 0.939. The van der Waals surface area contributed by atoms with Crippen LogP contribution in [0.3, 0.4) is 0 Å². The number of aryl methyl sites for hydroxylation is 1. The second-order valence-corrected chi connectivity index (χ2v) is 6.07. The van der Waals surface area contributed by atoms with E-state index in [2.05, 4.69) is 19.9 Å². The normalized spacial score (nSPS) is 15.0. The van der Waals surface area contributed by atoms with Gasteiger partial charge in [0.05, 0.1) is 11.9 Å². The molecule has 1 aliphatic rings. The van der Waals surface area contributed by atoms with Crippen molar-refractivity contribution in [3.8, 4) is 0 Å². The number of carbonyl (C=O) groups excluding carboxylic acids is 1. The van der Waals surface area contributed by atoms with Gasteiger partial charge in [-0.05, 0) is 19.1 Å². The Hall–Kier alpha value is -2.89. The fourth-order valence-electron chi connectivity index (χ4n) is 3.10. The fourth-order valence-corrected chi connectivity index (χ4v) is 3.10. The molecular weight excluding hydrogens is 302 g/mol. The van der Waals surface area contributed by atoms with E-state index in [9.17, 15) is 4.79 Å². The van der Waals surface area contributed by atoms with Crippen LogP contribution in [0.1, 0.15) is 16.2 Å². The number of amides is 1. The van der Waals surface area contributed by atoms with Gasteiger partial charge >= 0.3 is 0 Å². The zero-order valence-electron chi connectivity index (χ0n) is 13.6. The topological polar surface area (TPSA) is 65.1 Å². The number of hydrogen-bond acceptors (Lipinski definition) is 4. The molecule has 3 heterocycles. The van der Waals surface area contributed by atoms with Crippen LogP contribution < -0.4 is 4.90 Å². The molecule has 0 radical (unpaired) electrons. The highest BCUT2D eigenvalue weighted by Crippen LogP contribution is 2.18. The number of H-pyrrole nitrogens is 1. The van der Waals surface area contributed by atoms with Gasteiger partial charge in [-0.1, -0.05) is 18.2 Å². The summed E-state index contributed by atoms with van der Waals surface area (Å²) < 4.78 is 0. The molecule has 6 nitrogen and oxygen atoms in total. The summed E-state index contributed by atoms with van der Waals surface area (Å²) in [5.41, 5.74) is 2.55. The van der Waals surface area contributed by atoms with Crippen LogP contribution in [0.2, 0.25) is 0 Å². The van der Waals surface area contributed by atoms with Crippen LogP contribution >= 0.6 is 0 Å². The summed E-state index contributed by atoms with van der Waals surface area (Å²) in [4.78, 5) is 28.7. The van der Waals surface area contributed by atoms with Crippen molar-refractivity contribution in [1.29, 1.82) is 0 Å². The third kappa shape index (κ3) is 2.71. The number of hydrogen-bond donors (Lipinski definition) is 1. The minimum atomic E-state index is 0.0566. The van der Waals surface area contributed by atoms with Crippen LogP contribution in [0.4, 0.5) is 5.82 Å². The molecule has 1 saturated heterocycles. The molecule has 2 aromatic heterocycles. The first-order chi connectivity index (χ1) is 11.7. The monoisotopic (exact) mass is 321 g/mol. The Bertz CT molecular complexity index is 847. The second kappa shape index (κ2) is 5.96. The summed E-state index contributed by atoms with van der Waals surface area (Å²) in [5, 5.41) is 1.06. The van der Waals surface area contributed by atoms with Gasteiger partial charge in [0.2, 0.25) is 0 Å². The smallest absolute Gasteiger partial charge is 0.270 e. The van der Waals surface area contributed by atoms with E-state index >= 15 is 0 Å². The van der Waals surface area contributed by atoms with Gasteiger partial charge in [0.15, 0.2) is 0 Å². The van der Waals surface area contributed by atoms with Gasteiger partial charge in [-0.15, -0.1) is 0 Å². The van der Waals surface area contributed by atoms with Crippen molar-refractivity contribution in [2.45, 2.75) is 6.92 Å². The quantitative estimate of drug-likeness (QED) is 0.786. The summed E-state index contributed by atoms with van der Waals surface area (Å²) in [6, 6.07) is 9.87. The molecule has 1 aromatic carbocycles. The van der Waals surface area contributed by atoms with Gasteiger partial charge in [0, 0.05) is 43.3 Å². The number of rotatable bonds is 2. The van der Waals surface area contributed by atoms with E-state index in [0.29, 0.717) is 18.8 Å².